The first kappa shape index (κ1) is 21.2. The maximum absolute atomic E-state index is 12.4. The summed E-state index contributed by atoms with van der Waals surface area (Å²) < 4.78 is 7.13. The summed E-state index contributed by atoms with van der Waals surface area (Å²) in [5, 5.41) is 3.03. The van der Waals surface area contributed by atoms with Crippen LogP contribution in [0, 0.1) is 0 Å². The van der Waals surface area contributed by atoms with Gasteiger partial charge in [-0.05, 0) is 36.2 Å². The summed E-state index contributed by atoms with van der Waals surface area (Å²) in [6.07, 6.45) is 0.422. The predicted molar refractivity (Wildman–Crippen MR) is 102 cm³/mol. The second kappa shape index (κ2) is 8.89. The molecule has 2 amide bonds. The molecule has 1 aliphatic rings. The molecule has 4 rings (SSSR count). The van der Waals surface area contributed by atoms with Crippen molar-refractivity contribution in [3.63, 3.8) is 0 Å². The van der Waals surface area contributed by atoms with Crippen LogP contribution in [0.4, 0.5) is 4.79 Å². The molecule has 7 nitrogen and oxygen atoms in total. The molecule has 1 atom stereocenters. The van der Waals surface area contributed by atoms with Gasteiger partial charge < -0.3 is 19.6 Å². The molecule has 2 aromatic carbocycles. The molecule has 28 heavy (non-hydrogen) atoms. The second-order valence-electron chi connectivity index (χ2n) is 6.05. The van der Waals surface area contributed by atoms with E-state index >= 15 is 0 Å². The van der Waals surface area contributed by atoms with Crippen LogP contribution in [0.2, 0.25) is 0 Å². The second-order valence-corrected chi connectivity index (χ2v) is 7.20. The molecule has 0 spiro atoms. The number of benzene rings is 2. The topological polar surface area (TPSA) is 92.4 Å². The van der Waals surface area contributed by atoms with Gasteiger partial charge in [0.1, 0.15) is 11.0 Å². The molecule has 1 saturated heterocycles. The largest absolute Gasteiger partial charge is 1.00 e. The fourth-order valence-corrected chi connectivity index (χ4v) is 3.61. The number of imide groups is 1. The van der Waals surface area contributed by atoms with Crippen LogP contribution in [0.1, 0.15) is 5.56 Å². The Kier molecular flexibility index (Phi) is 6.74. The molecule has 0 radical (unpaired) electrons. The Balaban J connectivity index is 0.00000225. The van der Waals surface area contributed by atoms with Gasteiger partial charge in [-0.2, -0.15) is 4.98 Å². The van der Waals surface area contributed by atoms with Gasteiger partial charge >= 0.3 is 57.4 Å². The summed E-state index contributed by atoms with van der Waals surface area (Å²) >= 11 is 0.946. The Morgan fingerprint density at radius 2 is 1.82 bits per heavy atom. The first-order valence-corrected chi connectivity index (χ1v) is 9.08. The minimum atomic E-state index is -0.466. The summed E-state index contributed by atoms with van der Waals surface area (Å²) in [5.74, 6) is 0.128. The zero-order valence-corrected chi connectivity index (χ0v) is 19.2. The van der Waals surface area contributed by atoms with Crippen LogP contribution >= 0.6 is 11.8 Å². The molecule has 0 N–H and O–H groups in total. The zero-order valence-electron chi connectivity index (χ0n) is 15.3. The zero-order chi connectivity index (χ0) is 19.0. The molecule has 1 fully saturated rings. The number of para-hydroxylation sites is 1. The van der Waals surface area contributed by atoms with E-state index in [9.17, 15) is 14.4 Å². The fourth-order valence-electron chi connectivity index (χ4n) is 2.79. The third-order valence-electron chi connectivity index (χ3n) is 4.22. The van der Waals surface area contributed by atoms with Gasteiger partial charge in [0.2, 0.25) is 0 Å². The quantitative estimate of drug-likeness (QED) is 0.569. The van der Waals surface area contributed by atoms with Crippen LogP contribution < -0.4 is 61.7 Å². The number of amides is 2. The Labute approximate surface area is 207 Å². The number of carbonyl (C=O) groups excluding carboxylic acids is 2. The van der Waals surface area contributed by atoms with Gasteiger partial charge in [0.15, 0.2) is 0 Å². The number of ether oxygens (including phenoxy) is 1. The van der Waals surface area contributed by atoms with Gasteiger partial charge in [-0.25, -0.2) is 0 Å². The van der Waals surface area contributed by atoms with Gasteiger partial charge in [0, 0.05) is 7.05 Å². The summed E-state index contributed by atoms with van der Waals surface area (Å²) in [6.45, 7) is 0. The Hall–Kier alpha value is -1.49. The average molecular weight is 420 g/mol. The Morgan fingerprint density at radius 1 is 1.11 bits per heavy atom. The molecule has 1 aromatic heterocycles. The average Bonchev–Trinajstić information content (AvgIpc) is 2.98. The number of rotatable bonds is 4. The van der Waals surface area contributed by atoms with Crippen LogP contribution in [0.5, 0.6) is 11.8 Å². The first-order chi connectivity index (χ1) is 13.0. The van der Waals surface area contributed by atoms with Gasteiger partial charge in [-0.15, -0.1) is 0 Å². The minimum absolute atomic E-state index is 0. The van der Waals surface area contributed by atoms with Crippen molar-refractivity contribution in [1.29, 1.82) is 0 Å². The Bertz CT molecular complexity index is 1110. The third kappa shape index (κ3) is 4.40. The van der Waals surface area contributed by atoms with E-state index < -0.39 is 10.5 Å². The van der Waals surface area contributed by atoms with Crippen LogP contribution in [0.3, 0.4) is 0 Å². The molecule has 1 aliphatic heterocycles. The van der Waals surface area contributed by atoms with E-state index in [2.05, 4.69) is 10.3 Å². The molecule has 0 aliphatic carbocycles. The molecular formula is C19H14KN3O4S. The van der Waals surface area contributed by atoms with Crippen molar-refractivity contribution in [1.82, 2.24) is 9.55 Å². The molecule has 136 valence electrons. The van der Waals surface area contributed by atoms with E-state index in [-0.39, 0.29) is 68.9 Å². The standard InChI is InChI=1S/C19H15N3O4S.K/c1-22-17(24)13-4-2-3-5-14(13)20-18(22)26-12-8-6-11(7-9-12)10-15-16(23)21-19(25)27-15;/h2-9,15H,10H2,1H3,(H,21,23,25);/q;+1/p-1. The van der Waals surface area contributed by atoms with Gasteiger partial charge in [-0.1, -0.05) is 36.0 Å². The van der Waals surface area contributed by atoms with Gasteiger partial charge in [0.25, 0.3) is 5.56 Å². The van der Waals surface area contributed by atoms with E-state index in [0.29, 0.717) is 23.1 Å². The SMILES string of the molecule is Cn1c(Oc2ccc(CC3SC(=O)[N-]C3=O)cc2)nc2ccccc2c1=O.[K+]. The molecule has 3 aromatic rings. The predicted octanol–water partition coefficient (Wildman–Crippen LogP) is 0.408. The number of hydrogen-bond acceptors (Lipinski definition) is 6. The summed E-state index contributed by atoms with van der Waals surface area (Å²) in [4.78, 5) is 39.6. The molecule has 9 heteroatoms. The van der Waals surface area contributed by atoms with Crippen molar-refractivity contribution in [2.24, 2.45) is 7.05 Å². The third-order valence-corrected chi connectivity index (χ3v) is 5.16. The molecule has 1 unspecified atom stereocenters. The van der Waals surface area contributed by atoms with Crippen molar-refractivity contribution in [2.75, 3.05) is 0 Å². The smallest absolute Gasteiger partial charge is 0.585 e. The van der Waals surface area contributed by atoms with Gasteiger partial charge in [-0.3, -0.25) is 9.36 Å². The molecular weight excluding hydrogens is 405 g/mol. The number of hydrogen-bond donors (Lipinski definition) is 0. The van der Waals surface area contributed by atoms with Crippen LogP contribution in [0.25, 0.3) is 16.2 Å². The number of carbonyl (C=O) groups is 2. The first-order valence-electron chi connectivity index (χ1n) is 8.20. The van der Waals surface area contributed by atoms with E-state index in [4.69, 9.17) is 4.74 Å². The van der Waals surface area contributed by atoms with Crippen LogP contribution in [0.15, 0.2) is 53.3 Å². The van der Waals surface area contributed by atoms with E-state index in [1.807, 2.05) is 18.2 Å². The van der Waals surface area contributed by atoms with Crippen LogP contribution in [-0.2, 0) is 18.3 Å². The van der Waals surface area contributed by atoms with Gasteiger partial charge in [0.05, 0.1) is 22.1 Å². The molecule has 2 heterocycles. The Morgan fingerprint density at radius 3 is 2.50 bits per heavy atom. The maximum atomic E-state index is 12.4. The van der Waals surface area contributed by atoms with Crippen molar-refractivity contribution in [2.45, 2.75) is 11.7 Å². The van der Waals surface area contributed by atoms with Crippen LogP contribution in [-0.4, -0.2) is 25.9 Å². The summed E-state index contributed by atoms with van der Waals surface area (Å²) in [5.41, 5.74) is 1.27. The monoisotopic (exact) mass is 419 g/mol. The number of aromatic nitrogens is 2. The van der Waals surface area contributed by atoms with Crippen molar-refractivity contribution in [3.05, 3.63) is 69.8 Å². The van der Waals surface area contributed by atoms with E-state index in [1.54, 1.807) is 37.4 Å². The molecule has 0 saturated carbocycles. The van der Waals surface area contributed by atoms with Crippen molar-refractivity contribution < 1.29 is 65.7 Å². The maximum Gasteiger partial charge on any atom is 1.00 e. The number of thioether (sulfide) groups is 1. The number of nitrogens with zero attached hydrogens (tertiary/aromatic N) is 3. The minimum Gasteiger partial charge on any atom is -0.585 e. The normalized spacial score (nSPS) is 16.0. The fraction of sp³-hybridized carbons (Fsp3) is 0.158. The van der Waals surface area contributed by atoms with Crippen molar-refractivity contribution in [3.8, 4) is 11.8 Å². The van der Waals surface area contributed by atoms with Crippen molar-refractivity contribution >= 4 is 33.8 Å². The molecule has 0 bridgehead atoms. The van der Waals surface area contributed by atoms with E-state index in [1.165, 1.54) is 4.57 Å². The summed E-state index contributed by atoms with van der Waals surface area (Å²) in [7, 11) is 1.61. The van der Waals surface area contributed by atoms with E-state index in [0.717, 1.165) is 17.3 Å². The summed E-state index contributed by atoms with van der Waals surface area (Å²) in [6, 6.07) is 14.4. The number of fused-ring (bicyclic) bond motifs is 1.